The molecule has 5 nitrogen and oxygen atoms in total. The van der Waals surface area contributed by atoms with Crippen LogP contribution < -0.4 is 10.5 Å². The Labute approximate surface area is 153 Å². The van der Waals surface area contributed by atoms with Crippen molar-refractivity contribution >= 4 is 35.7 Å². The van der Waals surface area contributed by atoms with E-state index in [-0.39, 0.29) is 35.1 Å². The Morgan fingerprint density at radius 3 is 2.71 bits per heavy atom. The predicted octanol–water partition coefficient (Wildman–Crippen LogP) is 3.61. The number of hydrogen-bond donors (Lipinski definition) is 2. The fourth-order valence-electron chi connectivity index (χ4n) is 3.81. The SMILES string of the molecule is CCC(C1Cc2c(N)c(Cl)cc(C(=O)O)c2O1)N1CCCCC1.Cl. The highest BCUT2D eigenvalue weighted by Crippen LogP contribution is 2.42. The smallest absolute Gasteiger partial charge is 0.339 e. The lowest BCUT2D eigenvalue weighted by molar-refractivity contribution is 0.0599. The number of piperidine rings is 1. The number of benzene rings is 1. The molecule has 0 spiro atoms. The molecule has 2 unspecified atom stereocenters. The van der Waals surface area contributed by atoms with Crippen molar-refractivity contribution in [2.45, 2.75) is 51.2 Å². The van der Waals surface area contributed by atoms with Gasteiger partial charge >= 0.3 is 5.97 Å². The molecule has 3 rings (SSSR count). The van der Waals surface area contributed by atoms with Gasteiger partial charge in [-0.05, 0) is 38.4 Å². The van der Waals surface area contributed by atoms with Crippen molar-refractivity contribution in [2.24, 2.45) is 0 Å². The van der Waals surface area contributed by atoms with E-state index >= 15 is 0 Å². The molecule has 1 aromatic carbocycles. The van der Waals surface area contributed by atoms with Gasteiger partial charge in [0.2, 0.25) is 0 Å². The highest BCUT2D eigenvalue weighted by molar-refractivity contribution is 6.33. The number of likely N-dealkylation sites (tertiary alicyclic amines) is 1. The molecular formula is C17H24Cl2N2O3. The van der Waals surface area contributed by atoms with Crippen LogP contribution >= 0.6 is 24.0 Å². The van der Waals surface area contributed by atoms with Crippen molar-refractivity contribution in [3.8, 4) is 5.75 Å². The van der Waals surface area contributed by atoms with Crippen molar-refractivity contribution in [1.29, 1.82) is 0 Å². The monoisotopic (exact) mass is 374 g/mol. The molecule has 1 aromatic rings. The topological polar surface area (TPSA) is 75.8 Å². The maximum Gasteiger partial charge on any atom is 0.339 e. The number of rotatable bonds is 4. The zero-order chi connectivity index (χ0) is 16.6. The third-order valence-electron chi connectivity index (χ3n) is 4.98. The van der Waals surface area contributed by atoms with Crippen molar-refractivity contribution < 1.29 is 14.6 Å². The van der Waals surface area contributed by atoms with Gasteiger partial charge in [-0.3, -0.25) is 4.90 Å². The van der Waals surface area contributed by atoms with E-state index in [1.165, 1.54) is 25.3 Å². The van der Waals surface area contributed by atoms with Crippen LogP contribution in [0.1, 0.15) is 48.5 Å². The van der Waals surface area contributed by atoms with E-state index in [1.54, 1.807) is 0 Å². The standard InChI is InChI=1S/C17H23ClN2O3.ClH/c1-2-13(20-6-4-3-5-7-20)14-9-10-15(19)12(18)8-11(17(21)22)16(10)23-14;/h8,13-14H,2-7,9,19H2,1H3,(H,21,22);1H. The second kappa shape index (κ2) is 7.81. The van der Waals surface area contributed by atoms with Crippen LogP contribution in [0.5, 0.6) is 5.75 Å². The van der Waals surface area contributed by atoms with E-state index in [2.05, 4.69) is 11.8 Å². The van der Waals surface area contributed by atoms with E-state index in [0.717, 1.165) is 25.1 Å². The number of hydrogen-bond acceptors (Lipinski definition) is 4. The number of anilines is 1. The largest absolute Gasteiger partial charge is 0.487 e. The van der Waals surface area contributed by atoms with Gasteiger partial charge in [0.1, 0.15) is 17.4 Å². The summed E-state index contributed by atoms with van der Waals surface area (Å²) in [5.41, 5.74) is 7.37. The lowest BCUT2D eigenvalue weighted by Gasteiger charge is -2.36. The Bertz CT molecular complexity index is 618. The number of fused-ring (bicyclic) bond motifs is 1. The summed E-state index contributed by atoms with van der Waals surface area (Å²) in [6.07, 6.45) is 5.23. The van der Waals surface area contributed by atoms with Gasteiger partial charge in [0.15, 0.2) is 0 Å². The highest BCUT2D eigenvalue weighted by Gasteiger charge is 2.37. The zero-order valence-corrected chi connectivity index (χ0v) is 15.3. The Morgan fingerprint density at radius 2 is 2.12 bits per heavy atom. The Morgan fingerprint density at radius 1 is 1.46 bits per heavy atom. The number of nitrogens with two attached hydrogens (primary N) is 1. The van der Waals surface area contributed by atoms with Crippen LogP contribution in [0.25, 0.3) is 0 Å². The molecule has 134 valence electrons. The normalized spacial score (nSPS) is 21.5. The van der Waals surface area contributed by atoms with Gasteiger partial charge in [0.05, 0.1) is 10.7 Å². The average molecular weight is 375 g/mol. The molecule has 24 heavy (non-hydrogen) atoms. The fourth-order valence-corrected chi connectivity index (χ4v) is 4.03. The number of carboxylic acid groups (broad SMARTS) is 1. The summed E-state index contributed by atoms with van der Waals surface area (Å²) < 4.78 is 6.08. The molecule has 2 atom stereocenters. The van der Waals surface area contributed by atoms with Crippen LogP contribution in [0.3, 0.4) is 0 Å². The minimum Gasteiger partial charge on any atom is -0.487 e. The molecule has 0 radical (unpaired) electrons. The number of nitrogens with zero attached hydrogens (tertiary/aromatic N) is 1. The molecule has 3 N–H and O–H groups in total. The van der Waals surface area contributed by atoms with Crippen molar-refractivity contribution in [3.63, 3.8) is 0 Å². The lowest BCUT2D eigenvalue weighted by Crippen LogP contribution is -2.47. The van der Waals surface area contributed by atoms with E-state index in [4.69, 9.17) is 22.1 Å². The third kappa shape index (κ3) is 3.44. The molecule has 0 aromatic heterocycles. The van der Waals surface area contributed by atoms with Crippen LogP contribution in [0.4, 0.5) is 5.69 Å². The van der Waals surface area contributed by atoms with Crippen molar-refractivity contribution in [3.05, 3.63) is 22.2 Å². The van der Waals surface area contributed by atoms with Gasteiger partial charge in [-0.2, -0.15) is 0 Å². The van der Waals surface area contributed by atoms with E-state index < -0.39 is 5.97 Å². The van der Waals surface area contributed by atoms with Crippen LogP contribution in [-0.2, 0) is 6.42 Å². The van der Waals surface area contributed by atoms with Gasteiger partial charge in [-0.15, -0.1) is 12.4 Å². The van der Waals surface area contributed by atoms with Crippen LogP contribution in [0.15, 0.2) is 6.07 Å². The van der Waals surface area contributed by atoms with Gasteiger partial charge in [0.25, 0.3) is 0 Å². The first-order valence-electron chi connectivity index (χ1n) is 8.27. The summed E-state index contributed by atoms with van der Waals surface area (Å²) in [7, 11) is 0. The van der Waals surface area contributed by atoms with Crippen LogP contribution in [-0.4, -0.2) is 41.2 Å². The van der Waals surface area contributed by atoms with Crippen molar-refractivity contribution in [1.82, 2.24) is 4.90 Å². The summed E-state index contributed by atoms with van der Waals surface area (Å²) >= 11 is 6.10. The average Bonchev–Trinajstić information content (AvgIpc) is 2.97. The Balaban J connectivity index is 0.00000208. The first-order chi connectivity index (χ1) is 11.0. The quantitative estimate of drug-likeness (QED) is 0.787. The molecule has 7 heteroatoms. The molecule has 0 saturated carbocycles. The first kappa shape index (κ1) is 19.2. The van der Waals surface area contributed by atoms with E-state index in [1.807, 2.05) is 0 Å². The van der Waals surface area contributed by atoms with Gasteiger partial charge < -0.3 is 15.6 Å². The van der Waals surface area contributed by atoms with E-state index in [9.17, 15) is 9.90 Å². The molecule has 2 heterocycles. The molecule has 1 fully saturated rings. The first-order valence-corrected chi connectivity index (χ1v) is 8.65. The number of ether oxygens (including phenoxy) is 1. The van der Waals surface area contributed by atoms with Gasteiger partial charge in [0, 0.05) is 18.0 Å². The summed E-state index contributed by atoms with van der Waals surface area (Å²) in [6.45, 7) is 4.31. The molecule has 1 saturated heterocycles. The Hall–Kier alpha value is -1.17. The molecule has 2 aliphatic heterocycles. The molecule has 0 amide bonds. The summed E-state index contributed by atoms with van der Waals surface area (Å²) in [4.78, 5) is 14.0. The number of carboxylic acids is 1. The second-order valence-electron chi connectivity index (χ2n) is 6.37. The maximum absolute atomic E-state index is 11.5. The number of carbonyl (C=O) groups is 1. The minimum absolute atomic E-state index is 0. The van der Waals surface area contributed by atoms with Crippen LogP contribution in [0, 0.1) is 0 Å². The zero-order valence-electron chi connectivity index (χ0n) is 13.8. The third-order valence-corrected chi connectivity index (χ3v) is 5.30. The lowest BCUT2D eigenvalue weighted by atomic mass is 9.97. The van der Waals surface area contributed by atoms with Gasteiger partial charge in [-0.1, -0.05) is 24.9 Å². The minimum atomic E-state index is -1.03. The number of nitrogen functional groups attached to an aromatic ring is 1. The predicted molar refractivity (Wildman–Crippen MR) is 97.7 cm³/mol. The summed E-state index contributed by atoms with van der Waals surface area (Å²) in [6, 6.07) is 1.67. The van der Waals surface area contributed by atoms with E-state index in [0.29, 0.717) is 17.9 Å². The Kier molecular flexibility index (Phi) is 6.23. The van der Waals surface area contributed by atoms with Crippen LogP contribution in [0.2, 0.25) is 5.02 Å². The molecular weight excluding hydrogens is 351 g/mol. The maximum atomic E-state index is 11.5. The molecule has 0 bridgehead atoms. The molecule has 0 aliphatic carbocycles. The number of halogens is 2. The summed E-state index contributed by atoms with van der Waals surface area (Å²) in [5.74, 6) is -0.630. The van der Waals surface area contributed by atoms with Crippen molar-refractivity contribution in [2.75, 3.05) is 18.8 Å². The second-order valence-corrected chi connectivity index (χ2v) is 6.77. The van der Waals surface area contributed by atoms with Gasteiger partial charge in [-0.25, -0.2) is 4.79 Å². The summed E-state index contributed by atoms with van der Waals surface area (Å²) in [5, 5.41) is 9.69. The highest BCUT2D eigenvalue weighted by atomic mass is 35.5. The number of aromatic carboxylic acids is 1. The molecule has 2 aliphatic rings. The fraction of sp³-hybridized carbons (Fsp3) is 0.588.